The van der Waals surface area contributed by atoms with E-state index >= 15 is 0 Å². The summed E-state index contributed by atoms with van der Waals surface area (Å²) in [6.45, 7) is 4.26. The molecule has 0 bridgehead atoms. The smallest absolute Gasteiger partial charge is 0.287 e. The van der Waals surface area contributed by atoms with Gasteiger partial charge in [-0.15, -0.1) is 0 Å². The molecule has 0 saturated carbocycles. The second kappa shape index (κ2) is 7.40. The summed E-state index contributed by atoms with van der Waals surface area (Å²) in [5.74, 6) is 0.183. The maximum atomic E-state index is 12.3. The summed E-state index contributed by atoms with van der Waals surface area (Å²) in [5, 5.41) is 2.98. The quantitative estimate of drug-likeness (QED) is 0.926. The van der Waals surface area contributed by atoms with Gasteiger partial charge < -0.3 is 9.73 Å². The molecule has 2 aromatic rings. The molecule has 6 nitrogen and oxygen atoms in total. The standard InChI is InChI=1S/C18H21N3O3/c1-13-8-16(22)9-17(24-13)18(23)20-15-5-3-7-21(12-15)11-14-4-2-6-19-10-14/h2,4,6,8-10,15H,3,5,7,11-12H2,1H3,(H,20,23)/t15-/m1/s1. The molecule has 1 aliphatic rings. The fourth-order valence-corrected chi connectivity index (χ4v) is 3.04. The molecule has 0 radical (unpaired) electrons. The van der Waals surface area contributed by atoms with E-state index in [0.29, 0.717) is 5.76 Å². The minimum atomic E-state index is -0.330. The van der Waals surface area contributed by atoms with Crippen molar-refractivity contribution in [2.24, 2.45) is 0 Å². The third-order valence-electron chi connectivity index (χ3n) is 4.08. The summed E-state index contributed by atoms with van der Waals surface area (Å²) in [7, 11) is 0. The average Bonchev–Trinajstić information content (AvgIpc) is 2.55. The van der Waals surface area contributed by atoms with E-state index in [1.54, 1.807) is 13.1 Å². The SMILES string of the molecule is Cc1cc(=O)cc(C(=O)N[C@@H]2CCCN(Cc3cccnc3)C2)o1. The van der Waals surface area contributed by atoms with Crippen LogP contribution in [0.25, 0.3) is 0 Å². The van der Waals surface area contributed by atoms with Crippen molar-refractivity contribution >= 4 is 5.91 Å². The van der Waals surface area contributed by atoms with Gasteiger partial charge in [-0.1, -0.05) is 6.07 Å². The lowest BCUT2D eigenvalue weighted by molar-refractivity contribution is 0.0869. The number of likely N-dealkylation sites (tertiary alicyclic amines) is 1. The zero-order valence-corrected chi connectivity index (χ0v) is 13.7. The Hall–Kier alpha value is -2.47. The molecule has 24 heavy (non-hydrogen) atoms. The van der Waals surface area contributed by atoms with E-state index in [1.165, 1.54) is 12.1 Å². The molecule has 1 saturated heterocycles. The first-order valence-corrected chi connectivity index (χ1v) is 8.14. The molecular weight excluding hydrogens is 306 g/mol. The monoisotopic (exact) mass is 327 g/mol. The van der Waals surface area contributed by atoms with Crippen LogP contribution in [0.1, 0.15) is 34.7 Å². The Labute approximate surface area is 140 Å². The van der Waals surface area contributed by atoms with Crippen LogP contribution in [0.3, 0.4) is 0 Å². The Balaban J connectivity index is 1.60. The number of rotatable bonds is 4. The van der Waals surface area contributed by atoms with Gasteiger partial charge in [-0.25, -0.2) is 0 Å². The lowest BCUT2D eigenvalue weighted by Gasteiger charge is -2.33. The third-order valence-corrected chi connectivity index (χ3v) is 4.08. The highest BCUT2D eigenvalue weighted by Gasteiger charge is 2.23. The highest BCUT2D eigenvalue weighted by molar-refractivity contribution is 5.91. The molecule has 0 aromatic carbocycles. The summed E-state index contributed by atoms with van der Waals surface area (Å²) in [4.78, 5) is 30.3. The summed E-state index contributed by atoms with van der Waals surface area (Å²) in [6, 6.07) is 6.63. The zero-order chi connectivity index (χ0) is 16.9. The van der Waals surface area contributed by atoms with E-state index in [-0.39, 0.29) is 23.1 Å². The van der Waals surface area contributed by atoms with E-state index in [9.17, 15) is 9.59 Å². The van der Waals surface area contributed by atoms with Crippen LogP contribution in [0.5, 0.6) is 0 Å². The van der Waals surface area contributed by atoms with Crippen molar-refractivity contribution in [3.05, 3.63) is 64.0 Å². The number of amides is 1. The van der Waals surface area contributed by atoms with Crippen LogP contribution in [-0.4, -0.2) is 34.9 Å². The van der Waals surface area contributed by atoms with Gasteiger partial charge in [-0.05, 0) is 37.9 Å². The predicted molar refractivity (Wildman–Crippen MR) is 89.7 cm³/mol. The normalized spacial score (nSPS) is 18.3. The number of aromatic nitrogens is 1. The topological polar surface area (TPSA) is 75.4 Å². The van der Waals surface area contributed by atoms with Crippen molar-refractivity contribution in [2.45, 2.75) is 32.4 Å². The van der Waals surface area contributed by atoms with Gasteiger partial charge in [-0.3, -0.25) is 19.5 Å². The molecule has 1 amide bonds. The Bertz CT molecular complexity index is 758. The minimum Gasteiger partial charge on any atom is -0.456 e. The fraction of sp³-hybridized carbons (Fsp3) is 0.389. The molecular formula is C18H21N3O3. The molecule has 1 N–H and O–H groups in total. The largest absolute Gasteiger partial charge is 0.456 e. The number of piperidine rings is 1. The van der Waals surface area contributed by atoms with E-state index in [2.05, 4.69) is 21.3 Å². The first kappa shape index (κ1) is 16.4. The molecule has 0 unspecified atom stereocenters. The maximum absolute atomic E-state index is 12.3. The Morgan fingerprint density at radius 2 is 2.33 bits per heavy atom. The van der Waals surface area contributed by atoms with Crippen molar-refractivity contribution in [1.29, 1.82) is 0 Å². The van der Waals surface area contributed by atoms with Crippen molar-refractivity contribution < 1.29 is 9.21 Å². The fourth-order valence-electron chi connectivity index (χ4n) is 3.04. The van der Waals surface area contributed by atoms with Crippen LogP contribution in [0.2, 0.25) is 0 Å². The summed E-state index contributed by atoms with van der Waals surface area (Å²) in [5.41, 5.74) is 0.944. The summed E-state index contributed by atoms with van der Waals surface area (Å²) in [6.07, 6.45) is 5.57. The van der Waals surface area contributed by atoms with Crippen LogP contribution in [0.15, 0.2) is 45.9 Å². The molecule has 6 heteroatoms. The number of aryl methyl sites for hydroxylation is 1. The molecule has 1 aliphatic heterocycles. The lowest BCUT2D eigenvalue weighted by Crippen LogP contribution is -2.47. The van der Waals surface area contributed by atoms with Crippen molar-refractivity contribution in [3.63, 3.8) is 0 Å². The predicted octanol–water partition coefficient (Wildman–Crippen LogP) is 1.74. The number of nitrogens with one attached hydrogen (secondary N) is 1. The summed E-state index contributed by atoms with van der Waals surface area (Å²) < 4.78 is 5.35. The van der Waals surface area contributed by atoms with Gasteiger partial charge >= 0.3 is 0 Å². The first-order chi connectivity index (χ1) is 11.6. The number of nitrogens with zero attached hydrogens (tertiary/aromatic N) is 2. The molecule has 2 aromatic heterocycles. The molecule has 126 valence electrons. The van der Waals surface area contributed by atoms with Crippen molar-refractivity contribution in [2.75, 3.05) is 13.1 Å². The first-order valence-electron chi connectivity index (χ1n) is 8.14. The number of carbonyl (C=O) groups excluding carboxylic acids is 1. The van der Waals surface area contributed by atoms with Gasteiger partial charge in [0, 0.05) is 43.7 Å². The number of hydrogen-bond acceptors (Lipinski definition) is 5. The number of hydrogen-bond donors (Lipinski definition) is 1. The van der Waals surface area contributed by atoms with E-state index in [0.717, 1.165) is 38.0 Å². The second-order valence-electron chi connectivity index (χ2n) is 6.18. The highest BCUT2D eigenvalue weighted by atomic mass is 16.3. The Morgan fingerprint density at radius 1 is 1.46 bits per heavy atom. The Kier molecular flexibility index (Phi) is 5.05. The molecule has 3 rings (SSSR count). The Morgan fingerprint density at radius 3 is 3.08 bits per heavy atom. The highest BCUT2D eigenvalue weighted by Crippen LogP contribution is 2.14. The number of pyridine rings is 1. The van der Waals surface area contributed by atoms with Crippen LogP contribution >= 0.6 is 0 Å². The van der Waals surface area contributed by atoms with Gasteiger partial charge in [0.05, 0.1) is 0 Å². The van der Waals surface area contributed by atoms with Crippen LogP contribution in [-0.2, 0) is 6.54 Å². The van der Waals surface area contributed by atoms with E-state index in [4.69, 9.17) is 4.42 Å². The van der Waals surface area contributed by atoms with Gasteiger partial charge in [0.25, 0.3) is 5.91 Å². The van der Waals surface area contributed by atoms with Crippen LogP contribution in [0.4, 0.5) is 0 Å². The second-order valence-corrected chi connectivity index (χ2v) is 6.18. The van der Waals surface area contributed by atoms with E-state index in [1.807, 2.05) is 12.3 Å². The lowest BCUT2D eigenvalue weighted by atomic mass is 10.0. The van der Waals surface area contributed by atoms with E-state index < -0.39 is 0 Å². The van der Waals surface area contributed by atoms with Gasteiger partial charge in [0.15, 0.2) is 11.2 Å². The molecule has 0 aliphatic carbocycles. The molecule has 1 fully saturated rings. The molecule has 3 heterocycles. The van der Waals surface area contributed by atoms with Crippen molar-refractivity contribution in [1.82, 2.24) is 15.2 Å². The van der Waals surface area contributed by atoms with Gasteiger partial charge in [-0.2, -0.15) is 0 Å². The minimum absolute atomic E-state index is 0.0498. The van der Waals surface area contributed by atoms with Crippen LogP contribution < -0.4 is 10.7 Å². The van der Waals surface area contributed by atoms with Gasteiger partial charge in [0.1, 0.15) is 5.76 Å². The average molecular weight is 327 g/mol. The molecule has 0 spiro atoms. The zero-order valence-electron chi connectivity index (χ0n) is 13.7. The van der Waals surface area contributed by atoms with Crippen molar-refractivity contribution in [3.8, 4) is 0 Å². The maximum Gasteiger partial charge on any atom is 0.287 e. The van der Waals surface area contributed by atoms with Gasteiger partial charge in [0.2, 0.25) is 0 Å². The summed E-state index contributed by atoms with van der Waals surface area (Å²) >= 11 is 0. The third kappa shape index (κ3) is 4.29. The van der Waals surface area contributed by atoms with Crippen LogP contribution in [0, 0.1) is 6.92 Å². The molecule has 1 atom stereocenters. The number of carbonyl (C=O) groups is 1.